The smallest absolute Gasteiger partial charge is 0.170 e. The molecule has 0 fully saturated rings. The number of anilines is 1. The Morgan fingerprint density at radius 2 is 2.00 bits per heavy atom. The quantitative estimate of drug-likeness (QED) is 0.394. The number of hydrogen-bond donors (Lipinski definition) is 2. The Morgan fingerprint density at radius 3 is 2.62 bits per heavy atom. The predicted molar refractivity (Wildman–Crippen MR) is 77.4 cm³/mol. The zero-order valence-electron chi connectivity index (χ0n) is 11.4. The minimum atomic E-state index is -0.470. The molecule has 3 N–H and O–H groups in total. The van der Waals surface area contributed by atoms with Gasteiger partial charge in [0.25, 0.3) is 0 Å². The van der Waals surface area contributed by atoms with Crippen molar-refractivity contribution in [2.24, 2.45) is 10.9 Å². The van der Waals surface area contributed by atoms with E-state index in [0.29, 0.717) is 16.8 Å². The van der Waals surface area contributed by atoms with Gasteiger partial charge in [-0.15, -0.1) is 0 Å². The first-order valence-electron chi connectivity index (χ1n) is 6.24. The Hall–Kier alpha value is -2.63. The summed E-state index contributed by atoms with van der Waals surface area (Å²) < 4.78 is 27.2. The molecule has 0 aliphatic rings. The van der Waals surface area contributed by atoms with Gasteiger partial charge in [0.2, 0.25) is 0 Å². The van der Waals surface area contributed by atoms with E-state index in [0.717, 1.165) is 0 Å². The average molecular weight is 291 g/mol. The van der Waals surface area contributed by atoms with Gasteiger partial charge in [0.15, 0.2) is 5.84 Å². The first kappa shape index (κ1) is 14.8. The third kappa shape index (κ3) is 3.47. The second-order valence-electron chi connectivity index (χ2n) is 4.63. The van der Waals surface area contributed by atoms with Crippen LogP contribution in [0.15, 0.2) is 47.6 Å². The molecule has 0 aromatic heterocycles. The molecule has 4 nitrogen and oxygen atoms in total. The van der Waals surface area contributed by atoms with E-state index >= 15 is 0 Å². The van der Waals surface area contributed by atoms with Crippen molar-refractivity contribution >= 4 is 11.5 Å². The Kier molecular flexibility index (Phi) is 4.37. The van der Waals surface area contributed by atoms with Crippen molar-refractivity contribution in [1.29, 1.82) is 0 Å². The van der Waals surface area contributed by atoms with Crippen LogP contribution in [0.25, 0.3) is 0 Å². The maximum atomic E-state index is 14.0. The van der Waals surface area contributed by atoms with Crippen LogP contribution < -0.4 is 10.6 Å². The SMILES string of the molecule is CN(Cc1ccc(C(N)=NO)cc1F)c1cccc(F)c1. The summed E-state index contributed by atoms with van der Waals surface area (Å²) in [6.07, 6.45) is 0. The molecule has 0 amide bonds. The van der Waals surface area contributed by atoms with E-state index < -0.39 is 5.82 Å². The zero-order valence-corrected chi connectivity index (χ0v) is 11.4. The van der Waals surface area contributed by atoms with Gasteiger partial charge in [-0.2, -0.15) is 0 Å². The molecule has 0 aliphatic carbocycles. The third-order valence-corrected chi connectivity index (χ3v) is 3.11. The molecule has 0 radical (unpaired) electrons. The number of nitrogens with two attached hydrogens (primary N) is 1. The number of oxime groups is 1. The lowest BCUT2D eigenvalue weighted by molar-refractivity contribution is 0.318. The van der Waals surface area contributed by atoms with E-state index in [-0.39, 0.29) is 18.2 Å². The van der Waals surface area contributed by atoms with Crippen LogP contribution in [0.4, 0.5) is 14.5 Å². The highest BCUT2D eigenvalue weighted by Gasteiger charge is 2.09. The molecule has 0 atom stereocenters. The van der Waals surface area contributed by atoms with Crippen molar-refractivity contribution in [3.63, 3.8) is 0 Å². The van der Waals surface area contributed by atoms with Crippen LogP contribution in [0.2, 0.25) is 0 Å². The lowest BCUT2D eigenvalue weighted by Gasteiger charge is -2.20. The van der Waals surface area contributed by atoms with Gasteiger partial charge < -0.3 is 15.8 Å². The van der Waals surface area contributed by atoms with E-state index in [4.69, 9.17) is 10.9 Å². The van der Waals surface area contributed by atoms with Crippen LogP contribution in [0, 0.1) is 11.6 Å². The maximum Gasteiger partial charge on any atom is 0.170 e. The van der Waals surface area contributed by atoms with Crippen LogP contribution >= 0.6 is 0 Å². The van der Waals surface area contributed by atoms with Crippen molar-refractivity contribution in [2.75, 3.05) is 11.9 Å². The maximum absolute atomic E-state index is 14.0. The molecular weight excluding hydrogens is 276 g/mol. The standard InChI is InChI=1S/C15H15F2N3O/c1-20(13-4-2-3-12(16)8-13)9-11-6-5-10(7-14(11)17)15(18)19-21/h2-8,21H,9H2,1H3,(H2,18,19). The second-order valence-corrected chi connectivity index (χ2v) is 4.63. The molecule has 0 saturated carbocycles. The minimum absolute atomic E-state index is 0.154. The summed E-state index contributed by atoms with van der Waals surface area (Å²) in [7, 11) is 1.74. The van der Waals surface area contributed by atoms with E-state index in [1.807, 2.05) is 0 Å². The summed E-state index contributed by atoms with van der Waals surface area (Å²) in [5.74, 6) is -0.969. The van der Waals surface area contributed by atoms with Gasteiger partial charge in [-0.05, 0) is 24.3 Å². The van der Waals surface area contributed by atoms with Crippen molar-refractivity contribution in [3.8, 4) is 0 Å². The summed E-state index contributed by atoms with van der Waals surface area (Å²) in [5.41, 5.74) is 6.78. The molecule has 2 aromatic carbocycles. The van der Waals surface area contributed by atoms with Gasteiger partial charge in [0.1, 0.15) is 11.6 Å². The van der Waals surface area contributed by atoms with Crippen molar-refractivity contribution in [2.45, 2.75) is 6.54 Å². The second kappa shape index (κ2) is 6.21. The summed E-state index contributed by atoms with van der Waals surface area (Å²) in [4.78, 5) is 1.73. The molecule has 6 heteroatoms. The minimum Gasteiger partial charge on any atom is -0.409 e. The van der Waals surface area contributed by atoms with Crippen molar-refractivity contribution in [3.05, 3.63) is 65.2 Å². The summed E-state index contributed by atoms with van der Waals surface area (Å²) in [6.45, 7) is 0.270. The molecular formula is C15H15F2N3O. The van der Waals surface area contributed by atoms with Gasteiger partial charge in [0.05, 0.1) is 0 Å². The van der Waals surface area contributed by atoms with Gasteiger partial charge >= 0.3 is 0 Å². The normalized spacial score (nSPS) is 11.5. The van der Waals surface area contributed by atoms with Crippen molar-refractivity contribution < 1.29 is 14.0 Å². The van der Waals surface area contributed by atoms with E-state index in [1.54, 1.807) is 36.2 Å². The largest absolute Gasteiger partial charge is 0.409 e. The Balaban J connectivity index is 2.20. The molecule has 0 unspecified atom stereocenters. The lowest BCUT2D eigenvalue weighted by atomic mass is 10.1. The highest BCUT2D eigenvalue weighted by atomic mass is 19.1. The fourth-order valence-electron chi connectivity index (χ4n) is 1.95. The fraction of sp³-hybridized carbons (Fsp3) is 0.133. The highest BCUT2D eigenvalue weighted by molar-refractivity contribution is 5.97. The van der Waals surface area contributed by atoms with E-state index in [1.165, 1.54) is 18.2 Å². The number of hydrogen-bond acceptors (Lipinski definition) is 3. The molecule has 21 heavy (non-hydrogen) atoms. The number of rotatable bonds is 4. The van der Waals surface area contributed by atoms with Gasteiger partial charge in [-0.25, -0.2) is 8.78 Å². The van der Waals surface area contributed by atoms with E-state index in [2.05, 4.69) is 5.16 Å². The molecule has 0 heterocycles. The van der Waals surface area contributed by atoms with Crippen LogP contribution in [0.1, 0.15) is 11.1 Å². The van der Waals surface area contributed by atoms with Crippen molar-refractivity contribution in [1.82, 2.24) is 0 Å². The highest BCUT2D eigenvalue weighted by Crippen LogP contribution is 2.18. The lowest BCUT2D eigenvalue weighted by Crippen LogP contribution is -2.18. The molecule has 110 valence electrons. The van der Waals surface area contributed by atoms with Gasteiger partial charge in [-0.3, -0.25) is 0 Å². The third-order valence-electron chi connectivity index (χ3n) is 3.11. The monoisotopic (exact) mass is 291 g/mol. The van der Waals surface area contributed by atoms with E-state index in [9.17, 15) is 8.78 Å². The zero-order chi connectivity index (χ0) is 15.4. The number of benzene rings is 2. The Morgan fingerprint density at radius 1 is 1.24 bits per heavy atom. The van der Waals surface area contributed by atoms with Gasteiger partial charge in [-0.1, -0.05) is 23.4 Å². The molecule has 2 aromatic rings. The molecule has 0 saturated heterocycles. The summed E-state index contributed by atoms with van der Waals surface area (Å²) in [5, 5.41) is 11.4. The molecule has 0 spiro atoms. The molecule has 0 bridgehead atoms. The average Bonchev–Trinajstić information content (AvgIpc) is 2.48. The topological polar surface area (TPSA) is 61.8 Å². The van der Waals surface area contributed by atoms with Crippen LogP contribution in [0.3, 0.4) is 0 Å². The number of amidine groups is 1. The van der Waals surface area contributed by atoms with Crippen LogP contribution in [-0.4, -0.2) is 18.1 Å². The molecule has 0 aliphatic heterocycles. The first-order valence-corrected chi connectivity index (χ1v) is 6.24. The van der Waals surface area contributed by atoms with Gasteiger partial charge in [0, 0.05) is 30.4 Å². The van der Waals surface area contributed by atoms with Crippen LogP contribution in [-0.2, 0) is 6.54 Å². The predicted octanol–water partition coefficient (Wildman–Crippen LogP) is 2.70. The Bertz CT molecular complexity index is 674. The number of nitrogens with zero attached hydrogens (tertiary/aromatic N) is 2. The fourth-order valence-corrected chi connectivity index (χ4v) is 1.95. The summed E-state index contributed by atoms with van der Waals surface area (Å²) in [6, 6.07) is 10.4. The first-order chi connectivity index (χ1) is 10.0. The summed E-state index contributed by atoms with van der Waals surface area (Å²) >= 11 is 0. The number of halogens is 2. The molecule has 2 rings (SSSR count). The Labute approximate surface area is 121 Å². The van der Waals surface area contributed by atoms with Crippen LogP contribution in [0.5, 0.6) is 0 Å².